The van der Waals surface area contributed by atoms with Crippen molar-refractivity contribution in [2.45, 2.75) is 53.2 Å². The van der Waals surface area contributed by atoms with E-state index in [4.69, 9.17) is 14.2 Å². The Morgan fingerprint density at radius 3 is 2.16 bits per heavy atom. The Morgan fingerprint density at radius 2 is 1.56 bits per heavy atom. The molecular formula is C22H30O3. The van der Waals surface area contributed by atoms with Gasteiger partial charge in [0.1, 0.15) is 18.1 Å². The van der Waals surface area contributed by atoms with Crippen molar-refractivity contribution in [3.05, 3.63) is 59.2 Å². The second-order valence-corrected chi connectivity index (χ2v) is 6.51. The lowest BCUT2D eigenvalue weighted by Gasteiger charge is -2.20. The van der Waals surface area contributed by atoms with Crippen LogP contribution >= 0.6 is 0 Å². The molecule has 136 valence electrons. The molecule has 0 aliphatic carbocycles. The molecule has 0 heterocycles. The van der Waals surface area contributed by atoms with Crippen molar-refractivity contribution in [3.8, 4) is 11.5 Å². The SMILES string of the molecule is CCC(C)c1cc(C)c(OC(C)OCCOc2ccccc2)c(C)c1. The smallest absolute Gasteiger partial charge is 0.197 e. The van der Waals surface area contributed by atoms with Crippen molar-refractivity contribution >= 4 is 0 Å². The summed E-state index contributed by atoms with van der Waals surface area (Å²) in [7, 11) is 0. The van der Waals surface area contributed by atoms with Crippen LogP contribution in [-0.2, 0) is 4.74 Å². The number of rotatable bonds is 9. The molecule has 0 amide bonds. The topological polar surface area (TPSA) is 27.7 Å². The summed E-state index contributed by atoms with van der Waals surface area (Å²) >= 11 is 0. The van der Waals surface area contributed by atoms with E-state index in [2.05, 4.69) is 39.8 Å². The highest BCUT2D eigenvalue weighted by molar-refractivity contribution is 5.44. The number of ether oxygens (including phenoxy) is 3. The van der Waals surface area contributed by atoms with Crippen molar-refractivity contribution in [2.24, 2.45) is 0 Å². The Balaban J connectivity index is 1.84. The number of aryl methyl sites for hydroxylation is 2. The first-order valence-corrected chi connectivity index (χ1v) is 9.08. The van der Waals surface area contributed by atoms with Crippen molar-refractivity contribution in [1.29, 1.82) is 0 Å². The third kappa shape index (κ3) is 5.79. The fraction of sp³-hybridized carbons (Fsp3) is 0.455. The van der Waals surface area contributed by atoms with Gasteiger partial charge in [-0.05, 0) is 61.9 Å². The Bertz CT molecular complexity index is 629. The lowest BCUT2D eigenvalue weighted by Crippen LogP contribution is -2.20. The van der Waals surface area contributed by atoms with Crippen LogP contribution in [0, 0.1) is 13.8 Å². The molecule has 3 nitrogen and oxygen atoms in total. The minimum atomic E-state index is -0.314. The quantitative estimate of drug-likeness (QED) is 0.436. The van der Waals surface area contributed by atoms with Gasteiger partial charge in [-0.3, -0.25) is 0 Å². The number of para-hydroxylation sites is 1. The zero-order chi connectivity index (χ0) is 18.2. The molecule has 3 heteroatoms. The fourth-order valence-electron chi connectivity index (χ4n) is 2.78. The number of hydrogen-bond donors (Lipinski definition) is 0. The largest absolute Gasteiger partial charge is 0.491 e. The summed E-state index contributed by atoms with van der Waals surface area (Å²) in [5, 5.41) is 0. The third-order valence-corrected chi connectivity index (χ3v) is 4.40. The van der Waals surface area contributed by atoms with E-state index in [9.17, 15) is 0 Å². The zero-order valence-corrected chi connectivity index (χ0v) is 16.0. The summed E-state index contributed by atoms with van der Waals surface area (Å²) in [5.74, 6) is 2.34. The van der Waals surface area contributed by atoms with Crippen LogP contribution in [0.2, 0.25) is 0 Å². The van der Waals surface area contributed by atoms with Gasteiger partial charge in [-0.15, -0.1) is 0 Å². The van der Waals surface area contributed by atoms with Crippen LogP contribution in [0.4, 0.5) is 0 Å². The average Bonchev–Trinajstić information content (AvgIpc) is 2.61. The van der Waals surface area contributed by atoms with E-state index in [0.29, 0.717) is 19.1 Å². The number of benzene rings is 2. The molecule has 0 spiro atoms. The summed E-state index contributed by atoms with van der Waals surface area (Å²) in [5.41, 5.74) is 3.69. The van der Waals surface area contributed by atoms with Crippen LogP contribution in [0.25, 0.3) is 0 Å². The first kappa shape index (κ1) is 19.3. The summed E-state index contributed by atoms with van der Waals surface area (Å²) in [6.07, 6.45) is 0.825. The highest BCUT2D eigenvalue weighted by Crippen LogP contribution is 2.30. The minimum Gasteiger partial charge on any atom is -0.491 e. The minimum absolute atomic E-state index is 0.314. The summed E-state index contributed by atoms with van der Waals surface area (Å²) in [6.45, 7) is 11.6. The van der Waals surface area contributed by atoms with E-state index in [1.807, 2.05) is 37.3 Å². The lowest BCUT2D eigenvalue weighted by atomic mass is 9.94. The monoisotopic (exact) mass is 342 g/mol. The second-order valence-electron chi connectivity index (χ2n) is 6.51. The molecule has 0 bridgehead atoms. The summed E-state index contributed by atoms with van der Waals surface area (Å²) in [6, 6.07) is 14.2. The van der Waals surface area contributed by atoms with Gasteiger partial charge in [0.15, 0.2) is 6.29 Å². The van der Waals surface area contributed by atoms with E-state index in [1.54, 1.807) is 0 Å². The first-order valence-electron chi connectivity index (χ1n) is 9.08. The Hall–Kier alpha value is -2.00. The van der Waals surface area contributed by atoms with E-state index in [-0.39, 0.29) is 6.29 Å². The predicted molar refractivity (Wildman–Crippen MR) is 103 cm³/mol. The van der Waals surface area contributed by atoms with Gasteiger partial charge < -0.3 is 14.2 Å². The molecule has 0 saturated heterocycles. The molecule has 0 aliphatic rings. The molecule has 0 N–H and O–H groups in total. The Morgan fingerprint density at radius 1 is 0.920 bits per heavy atom. The van der Waals surface area contributed by atoms with Crippen molar-refractivity contribution in [3.63, 3.8) is 0 Å². The zero-order valence-electron chi connectivity index (χ0n) is 16.0. The molecule has 2 unspecified atom stereocenters. The van der Waals surface area contributed by atoms with Crippen LogP contribution in [0.5, 0.6) is 11.5 Å². The van der Waals surface area contributed by atoms with Gasteiger partial charge in [0, 0.05) is 0 Å². The van der Waals surface area contributed by atoms with E-state index in [1.165, 1.54) is 5.56 Å². The maximum atomic E-state index is 6.02. The molecular weight excluding hydrogens is 312 g/mol. The van der Waals surface area contributed by atoms with E-state index in [0.717, 1.165) is 29.0 Å². The highest BCUT2D eigenvalue weighted by Gasteiger charge is 2.13. The van der Waals surface area contributed by atoms with Gasteiger partial charge in [-0.25, -0.2) is 0 Å². The lowest BCUT2D eigenvalue weighted by molar-refractivity contribution is -0.0745. The summed E-state index contributed by atoms with van der Waals surface area (Å²) in [4.78, 5) is 0. The third-order valence-electron chi connectivity index (χ3n) is 4.40. The molecule has 2 rings (SSSR count). The second kappa shape index (κ2) is 9.47. The van der Waals surface area contributed by atoms with Gasteiger partial charge in [0.05, 0.1) is 6.61 Å². The number of hydrogen-bond acceptors (Lipinski definition) is 3. The summed E-state index contributed by atoms with van der Waals surface area (Å²) < 4.78 is 17.4. The molecule has 0 aromatic heterocycles. The molecule has 2 aromatic rings. The predicted octanol–water partition coefficient (Wildman–Crippen LogP) is 5.64. The van der Waals surface area contributed by atoms with Crippen molar-refractivity contribution in [2.75, 3.05) is 13.2 Å². The maximum absolute atomic E-state index is 6.02. The van der Waals surface area contributed by atoms with Gasteiger partial charge >= 0.3 is 0 Å². The van der Waals surface area contributed by atoms with Gasteiger partial charge in [0.25, 0.3) is 0 Å². The van der Waals surface area contributed by atoms with Crippen LogP contribution in [0.3, 0.4) is 0 Å². The van der Waals surface area contributed by atoms with Crippen molar-refractivity contribution < 1.29 is 14.2 Å². The first-order chi connectivity index (χ1) is 12.0. The van der Waals surface area contributed by atoms with Crippen LogP contribution in [0.1, 0.15) is 49.8 Å². The van der Waals surface area contributed by atoms with Crippen LogP contribution in [-0.4, -0.2) is 19.5 Å². The molecule has 2 aromatic carbocycles. The fourth-order valence-corrected chi connectivity index (χ4v) is 2.78. The normalized spacial score (nSPS) is 13.3. The molecule has 25 heavy (non-hydrogen) atoms. The maximum Gasteiger partial charge on any atom is 0.197 e. The standard InChI is InChI=1S/C22H30O3/c1-6-16(2)20-14-17(3)22(18(4)15-20)25-19(5)23-12-13-24-21-10-8-7-9-11-21/h7-11,14-16,19H,6,12-13H2,1-5H3. The molecule has 0 aliphatic heterocycles. The van der Waals surface area contributed by atoms with Crippen LogP contribution < -0.4 is 9.47 Å². The Labute approximate surface area is 151 Å². The van der Waals surface area contributed by atoms with Crippen molar-refractivity contribution in [1.82, 2.24) is 0 Å². The molecule has 0 radical (unpaired) electrons. The van der Waals surface area contributed by atoms with Gasteiger partial charge in [-0.1, -0.05) is 44.2 Å². The molecule has 0 fully saturated rings. The molecule has 0 saturated carbocycles. The van der Waals surface area contributed by atoms with E-state index < -0.39 is 0 Å². The highest BCUT2D eigenvalue weighted by atomic mass is 16.7. The van der Waals surface area contributed by atoms with Gasteiger partial charge in [-0.2, -0.15) is 0 Å². The van der Waals surface area contributed by atoms with E-state index >= 15 is 0 Å². The molecule has 2 atom stereocenters. The Kier molecular flexibility index (Phi) is 7.32. The van der Waals surface area contributed by atoms with Gasteiger partial charge in [0.2, 0.25) is 0 Å². The van der Waals surface area contributed by atoms with Crippen LogP contribution in [0.15, 0.2) is 42.5 Å². The average molecular weight is 342 g/mol.